The van der Waals surface area contributed by atoms with Gasteiger partial charge in [-0.2, -0.15) is 4.98 Å². The van der Waals surface area contributed by atoms with Crippen LogP contribution in [0.1, 0.15) is 36.4 Å². The molecule has 20 heavy (non-hydrogen) atoms. The molecule has 5 heteroatoms. The summed E-state index contributed by atoms with van der Waals surface area (Å²) in [6.07, 6.45) is 6.99. The maximum Gasteiger partial charge on any atom is 0.268 e. The molecule has 0 aliphatic carbocycles. The fraction of sp³-hybridized carbons (Fsp3) is 0.467. The van der Waals surface area contributed by atoms with E-state index in [1.165, 1.54) is 43.6 Å². The van der Waals surface area contributed by atoms with Crippen molar-refractivity contribution in [3.05, 3.63) is 29.4 Å². The average Bonchev–Trinajstić information content (AvgIpc) is 3.04. The molecule has 0 bridgehead atoms. The highest BCUT2D eigenvalue weighted by Crippen LogP contribution is 2.28. The number of likely N-dealkylation sites (tertiary alicyclic amines) is 1. The first-order chi connectivity index (χ1) is 9.85. The van der Waals surface area contributed by atoms with Crippen LogP contribution in [-0.4, -0.2) is 28.1 Å². The van der Waals surface area contributed by atoms with Crippen LogP contribution in [0, 0.1) is 0 Å². The second-order valence-electron chi connectivity index (χ2n) is 5.12. The minimum absolute atomic E-state index is 0.544. The lowest BCUT2D eigenvalue weighted by Gasteiger charge is -2.18. The van der Waals surface area contributed by atoms with Gasteiger partial charge in [0.1, 0.15) is 0 Å². The van der Waals surface area contributed by atoms with Gasteiger partial charge < -0.3 is 4.52 Å². The molecule has 3 rings (SSSR count). The number of hydrogen-bond acceptors (Lipinski definition) is 5. The van der Waals surface area contributed by atoms with Crippen molar-refractivity contribution in [3.8, 4) is 10.8 Å². The van der Waals surface area contributed by atoms with Crippen LogP contribution in [0.25, 0.3) is 16.8 Å². The van der Waals surface area contributed by atoms with E-state index in [9.17, 15) is 0 Å². The summed E-state index contributed by atoms with van der Waals surface area (Å²) in [4.78, 5) is 9.22. The summed E-state index contributed by atoms with van der Waals surface area (Å²) >= 11 is 1.74. The maximum atomic E-state index is 5.23. The van der Waals surface area contributed by atoms with E-state index in [2.05, 4.69) is 33.8 Å². The van der Waals surface area contributed by atoms with Gasteiger partial charge in [-0.05, 0) is 44.1 Å². The maximum absolute atomic E-state index is 5.23. The van der Waals surface area contributed by atoms with E-state index in [0.717, 1.165) is 11.4 Å². The summed E-state index contributed by atoms with van der Waals surface area (Å²) < 4.78 is 5.23. The molecule has 1 saturated heterocycles. The monoisotopic (exact) mass is 289 g/mol. The van der Waals surface area contributed by atoms with Crippen molar-refractivity contribution in [2.24, 2.45) is 0 Å². The molecule has 0 aromatic carbocycles. The normalized spacial score (nSPS) is 17.0. The predicted octanol–water partition coefficient (Wildman–Crippen LogP) is 3.82. The second-order valence-corrected chi connectivity index (χ2v) is 6.29. The standard InChI is InChI=1S/C15H19N3OS/c1-2-14-16-15(19-17-14)13-8-7-12(20-13)11-18-9-5-3-4-6-10-18/h2,7-8H,1,3-6,9-11H2. The molecule has 2 aromatic rings. The van der Waals surface area contributed by atoms with Crippen LogP contribution in [0.2, 0.25) is 0 Å². The molecular weight excluding hydrogens is 270 g/mol. The molecule has 1 fully saturated rings. The van der Waals surface area contributed by atoms with E-state index < -0.39 is 0 Å². The first-order valence-electron chi connectivity index (χ1n) is 7.13. The summed E-state index contributed by atoms with van der Waals surface area (Å²) in [5.74, 6) is 1.13. The third-order valence-corrected chi connectivity index (χ3v) is 4.63. The lowest BCUT2D eigenvalue weighted by Crippen LogP contribution is -2.23. The molecule has 4 nitrogen and oxygen atoms in total. The predicted molar refractivity (Wildman–Crippen MR) is 81.4 cm³/mol. The number of aromatic nitrogens is 2. The number of hydrogen-bond donors (Lipinski definition) is 0. The van der Waals surface area contributed by atoms with Gasteiger partial charge in [-0.3, -0.25) is 4.90 Å². The largest absolute Gasteiger partial charge is 0.333 e. The number of nitrogens with zero attached hydrogens (tertiary/aromatic N) is 3. The van der Waals surface area contributed by atoms with Crippen molar-refractivity contribution in [3.63, 3.8) is 0 Å². The molecule has 0 N–H and O–H groups in total. The quantitative estimate of drug-likeness (QED) is 0.858. The molecule has 106 valence electrons. The van der Waals surface area contributed by atoms with Crippen LogP contribution >= 0.6 is 11.3 Å². The summed E-state index contributed by atoms with van der Waals surface area (Å²) in [5.41, 5.74) is 0. The van der Waals surface area contributed by atoms with E-state index in [1.54, 1.807) is 17.4 Å². The van der Waals surface area contributed by atoms with Crippen molar-refractivity contribution in [1.29, 1.82) is 0 Å². The Morgan fingerprint density at radius 3 is 2.75 bits per heavy atom. The Labute approximate surface area is 123 Å². The molecule has 0 saturated carbocycles. The Bertz CT molecular complexity index is 567. The van der Waals surface area contributed by atoms with Gasteiger partial charge in [0.05, 0.1) is 4.88 Å². The Balaban J connectivity index is 1.68. The number of thiophene rings is 1. The fourth-order valence-electron chi connectivity index (χ4n) is 2.51. The summed E-state index contributed by atoms with van der Waals surface area (Å²) in [7, 11) is 0. The number of rotatable bonds is 4. The Morgan fingerprint density at radius 1 is 1.25 bits per heavy atom. The van der Waals surface area contributed by atoms with Crippen LogP contribution in [0.4, 0.5) is 0 Å². The molecular formula is C15H19N3OS. The van der Waals surface area contributed by atoms with E-state index >= 15 is 0 Å². The van der Waals surface area contributed by atoms with Gasteiger partial charge in [-0.1, -0.05) is 24.6 Å². The zero-order valence-electron chi connectivity index (χ0n) is 11.5. The summed E-state index contributed by atoms with van der Waals surface area (Å²) in [6.45, 7) is 7.11. The van der Waals surface area contributed by atoms with Gasteiger partial charge in [-0.25, -0.2) is 0 Å². The average molecular weight is 289 g/mol. The molecule has 0 amide bonds. The van der Waals surface area contributed by atoms with Crippen LogP contribution in [0.5, 0.6) is 0 Å². The van der Waals surface area contributed by atoms with Crippen LogP contribution in [0.3, 0.4) is 0 Å². The second kappa shape index (κ2) is 6.33. The topological polar surface area (TPSA) is 42.2 Å². The molecule has 0 radical (unpaired) electrons. The zero-order chi connectivity index (χ0) is 13.8. The van der Waals surface area contributed by atoms with E-state index in [1.807, 2.05) is 0 Å². The van der Waals surface area contributed by atoms with Crippen molar-refractivity contribution in [1.82, 2.24) is 15.0 Å². The van der Waals surface area contributed by atoms with Crippen molar-refractivity contribution < 1.29 is 4.52 Å². The van der Waals surface area contributed by atoms with E-state index in [-0.39, 0.29) is 0 Å². The summed E-state index contributed by atoms with van der Waals surface area (Å²) in [5, 5.41) is 3.84. The van der Waals surface area contributed by atoms with Crippen LogP contribution in [-0.2, 0) is 6.54 Å². The van der Waals surface area contributed by atoms with Crippen LogP contribution < -0.4 is 0 Å². The molecule has 0 spiro atoms. The van der Waals surface area contributed by atoms with Gasteiger partial charge in [0, 0.05) is 11.4 Å². The van der Waals surface area contributed by atoms with E-state index in [0.29, 0.717) is 11.7 Å². The fourth-order valence-corrected chi connectivity index (χ4v) is 3.48. The highest BCUT2D eigenvalue weighted by atomic mass is 32.1. The minimum atomic E-state index is 0.544. The Morgan fingerprint density at radius 2 is 2.05 bits per heavy atom. The molecule has 0 unspecified atom stereocenters. The zero-order valence-corrected chi connectivity index (χ0v) is 12.4. The van der Waals surface area contributed by atoms with Gasteiger partial charge in [0.25, 0.3) is 5.89 Å². The lowest BCUT2D eigenvalue weighted by molar-refractivity contribution is 0.279. The van der Waals surface area contributed by atoms with Gasteiger partial charge in [-0.15, -0.1) is 11.3 Å². The minimum Gasteiger partial charge on any atom is -0.333 e. The molecule has 1 aliphatic heterocycles. The Kier molecular flexibility index (Phi) is 4.28. The first kappa shape index (κ1) is 13.5. The lowest BCUT2D eigenvalue weighted by atomic mass is 10.2. The highest BCUT2D eigenvalue weighted by molar-refractivity contribution is 7.15. The first-order valence-corrected chi connectivity index (χ1v) is 7.94. The van der Waals surface area contributed by atoms with Gasteiger partial charge in [0.15, 0.2) is 5.82 Å². The van der Waals surface area contributed by atoms with Crippen molar-refractivity contribution in [2.45, 2.75) is 32.2 Å². The Hall–Kier alpha value is -1.46. The highest BCUT2D eigenvalue weighted by Gasteiger charge is 2.13. The third kappa shape index (κ3) is 3.16. The van der Waals surface area contributed by atoms with Crippen LogP contribution in [0.15, 0.2) is 23.2 Å². The molecule has 0 atom stereocenters. The van der Waals surface area contributed by atoms with Crippen molar-refractivity contribution >= 4 is 17.4 Å². The van der Waals surface area contributed by atoms with Crippen molar-refractivity contribution in [2.75, 3.05) is 13.1 Å². The van der Waals surface area contributed by atoms with Gasteiger partial charge in [0.2, 0.25) is 0 Å². The molecule has 3 heterocycles. The molecule has 2 aromatic heterocycles. The third-order valence-electron chi connectivity index (χ3n) is 3.57. The summed E-state index contributed by atoms with van der Waals surface area (Å²) in [6, 6.07) is 4.24. The SMILES string of the molecule is C=Cc1noc(-c2ccc(CN3CCCCCC3)s2)n1. The van der Waals surface area contributed by atoms with Gasteiger partial charge >= 0.3 is 0 Å². The molecule has 1 aliphatic rings. The smallest absolute Gasteiger partial charge is 0.268 e. The van der Waals surface area contributed by atoms with E-state index in [4.69, 9.17) is 4.52 Å².